The van der Waals surface area contributed by atoms with Crippen molar-refractivity contribution in [1.29, 1.82) is 0 Å². The predicted molar refractivity (Wildman–Crippen MR) is 152 cm³/mol. The topological polar surface area (TPSA) is 98.5 Å². The molecule has 2 bridgehead atoms. The highest BCUT2D eigenvalue weighted by Gasteiger charge is 2.47. The van der Waals surface area contributed by atoms with Crippen molar-refractivity contribution in [3.8, 4) is 17.3 Å². The van der Waals surface area contributed by atoms with Crippen molar-refractivity contribution < 1.29 is 23.4 Å². The molecule has 3 fully saturated rings. The van der Waals surface area contributed by atoms with Crippen LogP contribution in [-0.4, -0.2) is 69.1 Å². The van der Waals surface area contributed by atoms with Crippen LogP contribution < -0.4 is 10.5 Å². The molecule has 0 radical (unpaired) electrons. The first kappa shape index (κ1) is 26.4. The maximum atomic E-state index is 13.7. The number of nitrogens with two attached hydrogens (primary N) is 1. The number of nitrogens with zero attached hydrogens (tertiary/aromatic N) is 4. The normalized spacial score (nSPS) is 22.4. The number of rotatable bonds is 8. The molecule has 216 valence electrons. The van der Waals surface area contributed by atoms with Crippen LogP contribution in [0.3, 0.4) is 0 Å². The van der Waals surface area contributed by atoms with Crippen molar-refractivity contribution in [2.75, 3.05) is 27.0 Å². The third-order valence-corrected chi connectivity index (χ3v) is 9.57. The van der Waals surface area contributed by atoms with Crippen LogP contribution >= 0.6 is 0 Å². The van der Waals surface area contributed by atoms with Gasteiger partial charge in [-0.05, 0) is 67.3 Å². The molecule has 2 aliphatic carbocycles. The van der Waals surface area contributed by atoms with Gasteiger partial charge in [-0.15, -0.1) is 0 Å². The number of methoxy groups -OCH3 is 1. The number of carbonyl (C=O) groups is 1. The van der Waals surface area contributed by atoms with Crippen LogP contribution in [0.25, 0.3) is 33.5 Å². The van der Waals surface area contributed by atoms with Gasteiger partial charge in [0, 0.05) is 48.7 Å². The van der Waals surface area contributed by atoms with Crippen molar-refractivity contribution in [2.45, 2.75) is 49.9 Å². The first-order valence-corrected chi connectivity index (χ1v) is 14.4. The maximum Gasteiger partial charge on any atom is 0.254 e. The summed E-state index contributed by atoms with van der Waals surface area (Å²) >= 11 is 0. The number of fused-ring (bicyclic) bond motifs is 4. The quantitative estimate of drug-likeness (QED) is 0.333. The number of amides is 1. The number of halogens is 2. The van der Waals surface area contributed by atoms with E-state index in [4.69, 9.17) is 15.5 Å². The molecule has 10 heteroatoms. The van der Waals surface area contributed by atoms with Gasteiger partial charge in [0.25, 0.3) is 5.91 Å². The SMILES string of the molecule is COc1cc(C(=O)N2CC3CCC2[C@@H]3N)cc2nc(-c3cc4ccc(C(O)(CF)CF)cc4n3CC3CC3)n(C)c12. The molecule has 1 amide bonds. The van der Waals surface area contributed by atoms with Crippen molar-refractivity contribution in [3.63, 3.8) is 0 Å². The molecule has 0 spiro atoms. The van der Waals surface area contributed by atoms with E-state index >= 15 is 0 Å². The van der Waals surface area contributed by atoms with E-state index in [1.807, 2.05) is 28.6 Å². The van der Waals surface area contributed by atoms with E-state index in [0.717, 1.165) is 54.3 Å². The Morgan fingerprint density at radius 2 is 1.93 bits per heavy atom. The van der Waals surface area contributed by atoms with Crippen LogP contribution in [0.2, 0.25) is 0 Å². The number of carbonyl (C=O) groups excluding carboxylic acids is 1. The minimum atomic E-state index is -2.17. The Hall–Kier alpha value is -3.50. The van der Waals surface area contributed by atoms with E-state index in [1.165, 1.54) is 0 Å². The van der Waals surface area contributed by atoms with Crippen LogP contribution in [0.4, 0.5) is 8.78 Å². The molecule has 2 saturated carbocycles. The molecule has 2 aromatic carbocycles. The number of hydrogen-bond acceptors (Lipinski definition) is 5. The Morgan fingerprint density at radius 3 is 2.56 bits per heavy atom. The van der Waals surface area contributed by atoms with Gasteiger partial charge in [-0.3, -0.25) is 4.79 Å². The number of ether oxygens (including phenoxy) is 1. The fourth-order valence-electron chi connectivity index (χ4n) is 6.94. The van der Waals surface area contributed by atoms with Crippen LogP contribution in [0.1, 0.15) is 41.6 Å². The van der Waals surface area contributed by atoms with E-state index in [2.05, 4.69) is 4.57 Å². The molecule has 2 unspecified atom stereocenters. The van der Waals surface area contributed by atoms with Gasteiger partial charge in [-0.25, -0.2) is 13.8 Å². The Morgan fingerprint density at radius 1 is 1.15 bits per heavy atom. The number of aryl methyl sites for hydroxylation is 1. The zero-order valence-electron chi connectivity index (χ0n) is 23.3. The molecule has 3 atom stereocenters. The zero-order valence-corrected chi connectivity index (χ0v) is 23.3. The largest absolute Gasteiger partial charge is 0.494 e. The molecule has 4 aromatic rings. The van der Waals surface area contributed by atoms with Crippen molar-refractivity contribution >= 4 is 27.8 Å². The molecule has 3 heterocycles. The Kier molecular flexibility index (Phi) is 6.13. The summed E-state index contributed by atoms with van der Waals surface area (Å²) in [5.41, 5.74) is 8.00. The highest BCUT2D eigenvalue weighted by Crippen LogP contribution is 2.40. The average Bonchev–Trinajstić information content (AvgIpc) is 3.40. The summed E-state index contributed by atoms with van der Waals surface area (Å²) in [6.07, 6.45) is 4.23. The summed E-state index contributed by atoms with van der Waals surface area (Å²) in [4.78, 5) is 20.5. The summed E-state index contributed by atoms with van der Waals surface area (Å²) in [5, 5.41) is 11.4. The van der Waals surface area contributed by atoms with E-state index in [0.29, 0.717) is 41.0 Å². The molecule has 1 saturated heterocycles. The predicted octanol–water partition coefficient (Wildman–Crippen LogP) is 4.30. The number of hydrogen-bond donors (Lipinski definition) is 2. The van der Waals surface area contributed by atoms with Gasteiger partial charge in [0.05, 0.1) is 18.3 Å². The number of imidazole rings is 1. The monoisotopic (exact) mass is 563 g/mol. The second-order valence-electron chi connectivity index (χ2n) is 12.1. The lowest BCUT2D eigenvalue weighted by Crippen LogP contribution is -2.41. The van der Waals surface area contributed by atoms with E-state index < -0.39 is 19.0 Å². The summed E-state index contributed by atoms with van der Waals surface area (Å²) < 4.78 is 37.2. The Labute approximate surface area is 236 Å². The molecule has 1 aliphatic heterocycles. The molecule has 41 heavy (non-hydrogen) atoms. The van der Waals surface area contributed by atoms with E-state index in [9.17, 15) is 18.7 Å². The van der Waals surface area contributed by atoms with Gasteiger partial charge >= 0.3 is 0 Å². The zero-order chi connectivity index (χ0) is 28.6. The van der Waals surface area contributed by atoms with Gasteiger partial charge in [0.2, 0.25) is 0 Å². The molecule has 7 rings (SSSR count). The van der Waals surface area contributed by atoms with E-state index in [-0.39, 0.29) is 23.6 Å². The Balaban J connectivity index is 1.35. The lowest BCUT2D eigenvalue weighted by Gasteiger charge is -2.27. The smallest absolute Gasteiger partial charge is 0.254 e. The number of benzene rings is 2. The maximum absolute atomic E-state index is 13.7. The summed E-state index contributed by atoms with van der Waals surface area (Å²) in [5.74, 6) is 2.06. The van der Waals surface area contributed by atoms with Crippen molar-refractivity contribution in [3.05, 3.63) is 47.5 Å². The standard InChI is InChI=1S/C31H35F2N5O3/c1-36-28-22(9-20(11-26(28)41-2)30(39)38-14-19-6-8-23(38)27(19)34)35-29(36)25-10-18-5-7-21(31(40,15-32)16-33)12-24(18)37(25)13-17-3-4-17/h5,7,9-12,17,19,23,27,40H,3-4,6,8,13-16,34H2,1-2H3/t19?,23?,27-/m1/s1. The average molecular weight is 564 g/mol. The van der Waals surface area contributed by atoms with Crippen LogP contribution in [0.15, 0.2) is 36.4 Å². The third kappa shape index (κ3) is 4.06. The second kappa shape index (κ2) is 9.52. The van der Waals surface area contributed by atoms with Crippen LogP contribution in [-0.2, 0) is 19.2 Å². The number of piperidine rings is 1. The molecule has 8 nitrogen and oxygen atoms in total. The molecule has 2 aromatic heterocycles. The van der Waals surface area contributed by atoms with Gasteiger partial charge in [-0.2, -0.15) is 0 Å². The third-order valence-electron chi connectivity index (χ3n) is 9.57. The number of aromatic nitrogens is 3. The lowest BCUT2D eigenvalue weighted by molar-refractivity contribution is -0.0110. The molecular formula is C31H35F2N5O3. The minimum Gasteiger partial charge on any atom is -0.494 e. The second-order valence-corrected chi connectivity index (χ2v) is 12.1. The summed E-state index contributed by atoms with van der Waals surface area (Å²) in [6, 6.07) is 10.8. The van der Waals surface area contributed by atoms with Crippen LogP contribution in [0, 0.1) is 11.8 Å². The Bertz CT molecular complexity index is 1670. The number of alkyl halides is 2. The highest BCUT2D eigenvalue weighted by atomic mass is 19.1. The van der Waals surface area contributed by atoms with Crippen molar-refractivity contribution in [2.24, 2.45) is 24.6 Å². The van der Waals surface area contributed by atoms with Gasteiger partial charge in [-0.1, -0.05) is 12.1 Å². The van der Waals surface area contributed by atoms with Gasteiger partial charge in [0.15, 0.2) is 5.82 Å². The molecule has 3 aliphatic rings. The highest BCUT2D eigenvalue weighted by molar-refractivity contribution is 6.00. The minimum absolute atomic E-state index is 0.0331. The van der Waals surface area contributed by atoms with Gasteiger partial charge in [0.1, 0.15) is 30.2 Å². The van der Waals surface area contributed by atoms with Gasteiger partial charge < -0.3 is 29.6 Å². The van der Waals surface area contributed by atoms with Crippen molar-refractivity contribution in [1.82, 2.24) is 19.0 Å². The molecular weight excluding hydrogens is 528 g/mol. The number of aliphatic hydroxyl groups is 1. The lowest BCUT2D eigenvalue weighted by atomic mass is 9.96. The fraction of sp³-hybridized carbons (Fsp3) is 0.484. The summed E-state index contributed by atoms with van der Waals surface area (Å²) in [6.45, 7) is -1.00. The first-order valence-electron chi connectivity index (χ1n) is 14.4. The summed E-state index contributed by atoms with van der Waals surface area (Å²) in [7, 11) is 3.51. The molecule has 3 N–H and O–H groups in total. The number of likely N-dealkylation sites (tertiary alicyclic amines) is 1. The fourth-order valence-corrected chi connectivity index (χ4v) is 6.94. The first-order chi connectivity index (χ1) is 19.8. The van der Waals surface area contributed by atoms with Crippen LogP contribution in [0.5, 0.6) is 5.75 Å². The van der Waals surface area contributed by atoms with E-state index in [1.54, 1.807) is 31.4 Å².